The molecule has 234 valence electrons. The van der Waals surface area contributed by atoms with Gasteiger partial charge in [-0.2, -0.15) is 0 Å². The summed E-state index contributed by atoms with van der Waals surface area (Å²) in [4.78, 5) is 2.43. The van der Waals surface area contributed by atoms with Crippen LogP contribution in [0.25, 0.3) is 74.7 Å². The minimum Gasteiger partial charge on any atom is -0.310 e. The second-order valence-corrected chi connectivity index (χ2v) is 14.0. The van der Waals surface area contributed by atoms with Crippen LogP contribution >= 0.6 is 11.3 Å². The molecule has 1 heterocycles. The van der Waals surface area contributed by atoms with Crippen LogP contribution in [0.2, 0.25) is 0 Å². The maximum Gasteiger partial charge on any atom is 0.0468 e. The van der Waals surface area contributed by atoms with Crippen LogP contribution in [0.1, 0.15) is 0 Å². The Labute approximate surface area is 294 Å². The van der Waals surface area contributed by atoms with Crippen molar-refractivity contribution in [1.82, 2.24) is 0 Å². The first-order chi connectivity index (χ1) is 24.8. The van der Waals surface area contributed by atoms with E-state index in [2.05, 4.69) is 193 Å². The molecule has 0 bridgehead atoms. The quantitative estimate of drug-likeness (QED) is 0.167. The zero-order chi connectivity index (χ0) is 33.0. The van der Waals surface area contributed by atoms with Crippen molar-refractivity contribution in [3.05, 3.63) is 188 Å². The molecule has 0 spiro atoms. The Morgan fingerprint density at radius 1 is 0.300 bits per heavy atom. The molecule has 0 amide bonds. The number of hydrogen-bond donors (Lipinski definition) is 0. The minimum atomic E-state index is 1.12. The van der Waals surface area contributed by atoms with Crippen LogP contribution in [-0.4, -0.2) is 0 Å². The molecule has 1 aromatic heterocycles. The zero-order valence-electron chi connectivity index (χ0n) is 27.3. The van der Waals surface area contributed by atoms with Crippen LogP contribution in [0.15, 0.2) is 188 Å². The summed E-state index contributed by atoms with van der Waals surface area (Å²) in [5.41, 5.74) is 8.34. The number of fused-ring (bicyclic) bond motifs is 7. The summed E-state index contributed by atoms with van der Waals surface area (Å²) in [7, 11) is 0. The van der Waals surface area contributed by atoms with Crippen molar-refractivity contribution < 1.29 is 0 Å². The van der Waals surface area contributed by atoms with Gasteiger partial charge < -0.3 is 4.90 Å². The number of nitrogens with zero attached hydrogens (tertiary/aromatic N) is 1. The topological polar surface area (TPSA) is 3.24 Å². The highest BCUT2D eigenvalue weighted by Crippen LogP contribution is 2.47. The summed E-state index contributed by atoms with van der Waals surface area (Å²) in [6.45, 7) is 0. The number of thiophene rings is 1. The van der Waals surface area contributed by atoms with Gasteiger partial charge in [-0.3, -0.25) is 0 Å². The van der Waals surface area contributed by atoms with E-state index < -0.39 is 0 Å². The average molecular weight is 654 g/mol. The first kappa shape index (κ1) is 28.8. The highest BCUT2D eigenvalue weighted by Gasteiger charge is 2.21. The lowest BCUT2D eigenvalue weighted by Gasteiger charge is -2.27. The fourth-order valence-corrected chi connectivity index (χ4v) is 8.83. The molecule has 2 heteroatoms. The van der Waals surface area contributed by atoms with Gasteiger partial charge in [0.05, 0.1) is 0 Å². The fraction of sp³-hybridized carbons (Fsp3) is 0. The van der Waals surface area contributed by atoms with Crippen LogP contribution in [0.3, 0.4) is 0 Å². The van der Waals surface area contributed by atoms with Crippen molar-refractivity contribution in [2.24, 2.45) is 0 Å². The smallest absolute Gasteiger partial charge is 0.0468 e. The molecule has 0 aliphatic carbocycles. The van der Waals surface area contributed by atoms with Gasteiger partial charge in [0.1, 0.15) is 0 Å². The second kappa shape index (κ2) is 11.7. The highest BCUT2D eigenvalue weighted by molar-refractivity contribution is 7.25. The van der Waals surface area contributed by atoms with Gasteiger partial charge in [0.25, 0.3) is 0 Å². The van der Waals surface area contributed by atoms with E-state index in [1.165, 1.54) is 74.7 Å². The Morgan fingerprint density at radius 3 is 1.56 bits per heavy atom. The Kier molecular flexibility index (Phi) is 6.75. The Morgan fingerprint density at radius 2 is 0.800 bits per heavy atom. The largest absolute Gasteiger partial charge is 0.310 e. The summed E-state index contributed by atoms with van der Waals surface area (Å²) in [5.74, 6) is 0. The van der Waals surface area contributed by atoms with Crippen LogP contribution in [-0.2, 0) is 0 Å². The van der Waals surface area contributed by atoms with Gasteiger partial charge in [-0.1, -0.05) is 140 Å². The lowest BCUT2D eigenvalue weighted by molar-refractivity contribution is 1.30. The van der Waals surface area contributed by atoms with Crippen molar-refractivity contribution in [3.63, 3.8) is 0 Å². The predicted molar refractivity (Wildman–Crippen MR) is 217 cm³/mol. The first-order valence-electron chi connectivity index (χ1n) is 17.1. The SMILES string of the molecule is c1ccc(-c2c(-c3ccccc3)c3cc(N(c4ccc5ccccc5c4)c4ccc5sc6ccccc6c5c4)ccc3c3ccccc23)cc1. The van der Waals surface area contributed by atoms with Crippen LogP contribution in [0, 0.1) is 0 Å². The number of hydrogen-bond acceptors (Lipinski definition) is 2. The Balaban J connectivity index is 1.30. The number of anilines is 3. The average Bonchev–Trinajstić information content (AvgIpc) is 3.56. The van der Waals surface area contributed by atoms with Crippen molar-refractivity contribution in [1.29, 1.82) is 0 Å². The summed E-state index contributed by atoms with van der Waals surface area (Å²) in [6.07, 6.45) is 0. The van der Waals surface area contributed by atoms with Crippen LogP contribution in [0.5, 0.6) is 0 Å². The predicted octanol–water partition coefficient (Wildman–Crippen LogP) is 14.3. The Hall–Kier alpha value is -6.22. The molecule has 9 aromatic carbocycles. The van der Waals surface area contributed by atoms with Crippen LogP contribution < -0.4 is 4.90 Å². The first-order valence-corrected chi connectivity index (χ1v) is 17.9. The van der Waals surface area contributed by atoms with Gasteiger partial charge >= 0.3 is 0 Å². The van der Waals surface area contributed by atoms with E-state index in [0.717, 1.165) is 17.1 Å². The highest BCUT2D eigenvalue weighted by atomic mass is 32.1. The fourth-order valence-electron chi connectivity index (χ4n) is 7.74. The molecule has 0 aliphatic heterocycles. The lowest BCUT2D eigenvalue weighted by Crippen LogP contribution is -2.10. The molecule has 0 aliphatic rings. The molecule has 0 saturated heterocycles. The molecule has 10 aromatic rings. The monoisotopic (exact) mass is 653 g/mol. The van der Waals surface area contributed by atoms with E-state index in [1.54, 1.807) is 0 Å². The van der Waals surface area contributed by atoms with E-state index in [9.17, 15) is 0 Å². The molecule has 10 rings (SSSR count). The van der Waals surface area contributed by atoms with Gasteiger partial charge in [0.2, 0.25) is 0 Å². The van der Waals surface area contributed by atoms with Crippen LogP contribution in [0.4, 0.5) is 17.1 Å². The van der Waals surface area contributed by atoms with E-state index in [0.29, 0.717) is 0 Å². The lowest BCUT2D eigenvalue weighted by atomic mass is 9.85. The van der Waals surface area contributed by atoms with Crippen molar-refractivity contribution in [2.75, 3.05) is 4.90 Å². The molecule has 0 fully saturated rings. The molecule has 0 N–H and O–H groups in total. The molecule has 0 unspecified atom stereocenters. The third-order valence-electron chi connectivity index (χ3n) is 10.0. The molecule has 1 nitrogen and oxygen atoms in total. The van der Waals surface area contributed by atoms with Crippen molar-refractivity contribution in [2.45, 2.75) is 0 Å². The standard InChI is InChI=1S/C48H31NS/c1-3-14-33(15-4-1)47-42-21-10-9-19-39(42)40-27-25-37(31-44(40)48(47)34-16-5-2-6-17-34)49(36-24-23-32-13-7-8-18-35(32)29-36)38-26-28-46-43(30-38)41-20-11-12-22-45(41)50-46/h1-31H. The van der Waals surface area contributed by atoms with E-state index in [-0.39, 0.29) is 0 Å². The summed E-state index contributed by atoms with van der Waals surface area (Å²) in [6, 6.07) is 68.9. The van der Waals surface area contributed by atoms with Gasteiger partial charge in [-0.05, 0) is 103 Å². The number of benzene rings is 9. The maximum atomic E-state index is 2.43. The minimum absolute atomic E-state index is 1.12. The van der Waals surface area contributed by atoms with Crippen molar-refractivity contribution >= 4 is 80.9 Å². The van der Waals surface area contributed by atoms with E-state index in [1.807, 2.05) is 11.3 Å². The van der Waals surface area contributed by atoms with E-state index >= 15 is 0 Å². The zero-order valence-corrected chi connectivity index (χ0v) is 28.1. The molecular formula is C48H31NS. The maximum absolute atomic E-state index is 2.43. The third-order valence-corrected chi connectivity index (χ3v) is 11.2. The molecular weight excluding hydrogens is 623 g/mol. The summed E-state index contributed by atoms with van der Waals surface area (Å²) >= 11 is 1.86. The summed E-state index contributed by atoms with van der Waals surface area (Å²) < 4.78 is 2.62. The van der Waals surface area contributed by atoms with Gasteiger partial charge in [0.15, 0.2) is 0 Å². The normalized spacial score (nSPS) is 11.6. The van der Waals surface area contributed by atoms with Gasteiger partial charge in [-0.15, -0.1) is 11.3 Å². The Bertz CT molecular complexity index is 2870. The third kappa shape index (κ3) is 4.69. The molecule has 0 radical (unpaired) electrons. The molecule has 50 heavy (non-hydrogen) atoms. The molecule has 0 saturated carbocycles. The van der Waals surface area contributed by atoms with Gasteiger partial charge in [-0.25, -0.2) is 0 Å². The summed E-state index contributed by atoms with van der Waals surface area (Å²) in [5, 5.41) is 10.1. The van der Waals surface area contributed by atoms with Gasteiger partial charge in [0, 0.05) is 37.2 Å². The molecule has 0 atom stereocenters. The number of rotatable bonds is 5. The van der Waals surface area contributed by atoms with Crippen molar-refractivity contribution in [3.8, 4) is 22.3 Å². The second-order valence-electron chi connectivity index (χ2n) is 12.9. The van der Waals surface area contributed by atoms with E-state index in [4.69, 9.17) is 0 Å².